The van der Waals surface area contributed by atoms with E-state index in [-0.39, 0.29) is 0 Å². The van der Waals surface area contributed by atoms with Crippen molar-refractivity contribution in [1.82, 2.24) is 0 Å². The van der Waals surface area contributed by atoms with E-state index in [1.807, 2.05) is 45.3 Å². The molecule has 0 saturated carbocycles. The summed E-state index contributed by atoms with van der Waals surface area (Å²) in [5, 5.41) is 26.4. The molecular formula is C96H56S4. The van der Waals surface area contributed by atoms with Gasteiger partial charge in [-0.2, -0.15) is 0 Å². The van der Waals surface area contributed by atoms with Crippen molar-refractivity contribution in [3.63, 3.8) is 0 Å². The fourth-order valence-electron chi connectivity index (χ4n) is 16.5. The molecule has 22 rings (SSSR count). The van der Waals surface area contributed by atoms with E-state index < -0.39 is 0 Å². The molecule has 0 bridgehead atoms. The number of hydrogen-bond donors (Lipinski definition) is 0. The van der Waals surface area contributed by atoms with Crippen LogP contribution >= 0.6 is 45.3 Å². The van der Waals surface area contributed by atoms with Gasteiger partial charge in [0.15, 0.2) is 0 Å². The average molecular weight is 1340 g/mol. The largest absolute Gasteiger partial charge is 0.135 e. The summed E-state index contributed by atoms with van der Waals surface area (Å²) in [6.45, 7) is 0. The third-order valence-corrected chi connectivity index (χ3v) is 25.6. The number of hydrogen-bond acceptors (Lipinski definition) is 4. The highest BCUT2D eigenvalue weighted by Crippen LogP contribution is 2.54. The molecule has 0 aliphatic heterocycles. The SMILES string of the molecule is c1ccc(-c2ccc(-c3c4ccccc4c(-c4cc5c6ccccc6sc5c5cc6sc7ccccc7c6cc45)c4ccccc34)cc2)cc1.c1ccc(-c2ccc(-c3c4ccccc4c(-c4ccc5c(c4)sc4c6ccccc6c6c7ccccc7sc6c54)c4ccccc34)cc2)cc1. The summed E-state index contributed by atoms with van der Waals surface area (Å²) in [7, 11) is 0. The van der Waals surface area contributed by atoms with Gasteiger partial charge in [-0.3, -0.25) is 0 Å². The molecule has 0 N–H and O–H groups in total. The molecule has 0 aliphatic carbocycles. The van der Waals surface area contributed by atoms with Crippen LogP contribution in [0.3, 0.4) is 0 Å². The number of benzene rings is 18. The van der Waals surface area contributed by atoms with Gasteiger partial charge in [0.25, 0.3) is 0 Å². The standard InChI is InChI=1S/2C48H28S2/c1-2-12-29(13-3-1)30-22-24-31(25-23-30)46-34-16-4-6-18-36(34)47(37-19-7-5-17-35(37)46)40-27-41-33-15-9-11-21-44(33)50-48(41)42-28-45-39(26-38(40)42)32-14-8-10-20-43(32)49-45;1-2-12-29(13-3-1)30-22-24-31(25-23-30)43-33-14-4-6-16-35(33)44(36-17-7-5-15-34(36)43)32-26-27-40-42(28-32)50-47-38-19-9-8-18-37(38)45-39-20-10-11-21-41(39)49-48(45)46(40)47/h2*1-28H. The molecule has 0 fully saturated rings. The maximum Gasteiger partial charge on any atom is 0.0455 e. The third kappa shape index (κ3) is 8.95. The smallest absolute Gasteiger partial charge is 0.0455 e. The summed E-state index contributed by atoms with van der Waals surface area (Å²) >= 11 is 7.70. The highest BCUT2D eigenvalue weighted by molar-refractivity contribution is 7.30. The van der Waals surface area contributed by atoms with Crippen molar-refractivity contribution in [2.75, 3.05) is 0 Å². The summed E-state index contributed by atoms with van der Waals surface area (Å²) in [5.41, 5.74) is 15.2. The number of thiophene rings is 4. The Bertz CT molecular complexity index is 6990. The Morgan fingerprint density at radius 2 is 0.480 bits per heavy atom. The second-order valence-corrected chi connectivity index (χ2v) is 30.6. The minimum atomic E-state index is 1.23. The zero-order chi connectivity index (χ0) is 65.5. The monoisotopic (exact) mass is 1340 g/mol. The van der Waals surface area contributed by atoms with E-state index in [9.17, 15) is 0 Å². The molecule has 4 heterocycles. The Morgan fingerprint density at radius 3 is 1.01 bits per heavy atom. The van der Waals surface area contributed by atoms with Crippen molar-refractivity contribution in [2.24, 2.45) is 0 Å². The van der Waals surface area contributed by atoms with Gasteiger partial charge in [0, 0.05) is 91.5 Å². The van der Waals surface area contributed by atoms with Gasteiger partial charge in [0.2, 0.25) is 0 Å². The van der Waals surface area contributed by atoms with Crippen LogP contribution in [0.5, 0.6) is 0 Å². The van der Waals surface area contributed by atoms with Crippen molar-refractivity contribution in [2.45, 2.75) is 0 Å². The third-order valence-electron chi connectivity index (χ3n) is 20.9. The van der Waals surface area contributed by atoms with Gasteiger partial charge in [-0.1, -0.05) is 297 Å². The molecule has 0 spiro atoms. The lowest BCUT2D eigenvalue weighted by Crippen LogP contribution is -1.92. The van der Waals surface area contributed by atoms with Crippen LogP contribution in [-0.2, 0) is 0 Å². The molecule has 0 saturated heterocycles. The first-order chi connectivity index (χ1) is 49.6. The van der Waals surface area contributed by atoms with Crippen molar-refractivity contribution < 1.29 is 0 Å². The first kappa shape index (κ1) is 57.5. The van der Waals surface area contributed by atoms with Crippen molar-refractivity contribution in [3.8, 4) is 66.8 Å². The predicted molar refractivity (Wildman–Crippen MR) is 442 cm³/mol. The summed E-state index contributed by atoms with van der Waals surface area (Å²) in [5.74, 6) is 0. The molecule has 100 heavy (non-hydrogen) atoms. The van der Waals surface area contributed by atoms with Crippen LogP contribution in [0.25, 0.3) is 212 Å². The van der Waals surface area contributed by atoms with Gasteiger partial charge in [-0.25, -0.2) is 0 Å². The quantitative estimate of drug-likeness (QED) is 0.146. The normalized spacial score (nSPS) is 12.0. The molecule has 4 heteroatoms. The van der Waals surface area contributed by atoms with E-state index in [1.54, 1.807) is 0 Å². The second-order valence-electron chi connectivity index (χ2n) is 26.3. The van der Waals surface area contributed by atoms with Crippen molar-refractivity contribution >= 4 is 191 Å². The molecule has 18 aromatic carbocycles. The Kier molecular flexibility index (Phi) is 13.2. The fourth-order valence-corrected chi connectivity index (χ4v) is 21.4. The molecule has 0 nitrogen and oxygen atoms in total. The zero-order valence-electron chi connectivity index (χ0n) is 54.0. The first-order valence-electron chi connectivity index (χ1n) is 34.2. The molecule has 22 aromatic rings. The van der Waals surface area contributed by atoms with E-state index in [0.717, 1.165) is 0 Å². The molecule has 0 radical (unpaired) electrons. The summed E-state index contributed by atoms with van der Waals surface area (Å²) in [6, 6.07) is 126. The molecule has 464 valence electrons. The average Bonchev–Trinajstić information content (AvgIpc) is 1.42. The molecule has 0 unspecified atom stereocenters. The highest BCUT2D eigenvalue weighted by Gasteiger charge is 2.24. The van der Waals surface area contributed by atoms with Gasteiger partial charge in [0.1, 0.15) is 0 Å². The van der Waals surface area contributed by atoms with E-state index in [0.29, 0.717) is 0 Å². The highest BCUT2D eigenvalue weighted by atomic mass is 32.1. The Balaban J connectivity index is 0.000000131. The van der Waals surface area contributed by atoms with Crippen LogP contribution in [0.15, 0.2) is 340 Å². The molecular weight excluding hydrogens is 1280 g/mol. The molecule has 0 amide bonds. The lowest BCUT2D eigenvalue weighted by Gasteiger charge is -2.19. The van der Waals surface area contributed by atoms with Gasteiger partial charge in [0.05, 0.1) is 0 Å². The minimum absolute atomic E-state index is 1.23. The summed E-state index contributed by atoms with van der Waals surface area (Å²) in [6.07, 6.45) is 0. The summed E-state index contributed by atoms with van der Waals surface area (Å²) < 4.78 is 10.9. The number of rotatable bonds is 6. The van der Waals surface area contributed by atoms with Gasteiger partial charge >= 0.3 is 0 Å². The van der Waals surface area contributed by atoms with Crippen LogP contribution in [0, 0.1) is 0 Å². The summed E-state index contributed by atoms with van der Waals surface area (Å²) in [4.78, 5) is 0. The van der Waals surface area contributed by atoms with Crippen LogP contribution in [0.4, 0.5) is 0 Å². The zero-order valence-corrected chi connectivity index (χ0v) is 57.2. The van der Waals surface area contributed by atoms with E-state index in [4.69, 9.17) is 0 Å². The lowest BCUT2D eigenvalue weighted by atomic mass is 9.84. The van der Waals surface area contributed by atoms with Crippen molar-refractivity contribution in [3.05, 3.63) is 340 Å². The van der Waals surface area contributed by atoms with Crippen molar-refractivity contribution in [1.29, 1.82) is 0 Å². The lowest BCUT2D eigenvalue weighted by molar-refractivity contribution is 1.61. The first-order valence-corrected chi connectivity index (χ1v) is 37.5. The molecule has 4 aromatic heterocycles. The molecule has 0 atom stereocenters. The van der Waals surface area contributed by atoms with E-state index in [1.165, 1.54) is 212 Å². The minimum Gasteiger partial charge on any atom is -0.135 e. The topological polar surface area (TPSA) is 0 Å². The molecule has 0 aliphatic rings. The Labute approximate surface area is 592 Å². The van der Waals surface area contributed by atoms with E-state index >= 15 is 0 Å². The Hall–Kier alpha value is -11.6. The second kappa shape index (κ2) is 23.0. The Morgan fingerprint density at radius 1 is 0.140 bits per heavy atom. The maximum absolute atomic E-state index is 2.50. The van der Waals surface area contributed by atoms with Crippen LogP contribution in [0.2, 0.25) is 0 Å². The van der Waals surface area contributed by atoms with Crippen LogP contribution < -0.4 is 0 Å². The fraction of sp³-hybridized carbons (Fsp3) is 0. The van der Waals surface area contributed by atoms with Crippen LogP contribution in [0.1, 0.15) is 0 Å². The van der Waals surface area contributed by atoms with Gasteiger partial charge in [-0.05, 0) is 163 Å². The number of fused-ring (bicyclic) bond motifs is 22. The predicted octanol–water partition coefficient (Wildman–Crippen LogP) is 29.8. The van der Waals surface area contributed by atoms with Gasteiger partial charge < -0.3 is 0 Å². The van der Waals surface area contributed by atoms with Crippen LogP contribution in [-0.4, -0.2) is 0 Å². The maximum atomic E-state index is 2.50. The van der Waals surface area contributed by atoms with E-state index in [2.05, 4.69) is 340 Å². The van der Waals surface area contributed by atoms with Gasteiger partial charge in [-0.15, -0.1) is 45.3 Å².